The number of nitrogens with zero attached hydrogens (tertiary/aromatic N) is 1. The molecule has 0 heterocycles. The molecule has 0 saturated carbocycles. The maximum Gasteiger partial charge on any atom is 0.329 e. The van der Waals surface area contributed by atoms with Crippen LogP contribution in [-0.2, 0) is 9.59 Å². The van der Waals surface area contributed by atoms with Gasteiger partial charge in [0.1, 0.15) is 5.54 Å². The molecule has 0 aliphatic carbocycles. The van der Waals surface area contributed by atoms with Gasteiger partial charge in [0.25, 0.3) is 0 Å². The van der Waals surface area contributed by atoms with E-state index in [0.29, 0.717) is 19.4 Å². The number of aliphatic carboxylic acids is 1. The first-order valence-corrected chi connectivity index (χ1v) is 5.27. The molecule has 98 valence electrons. The Morgan fingerprint density at radius 3 is 2.41 bits per heavy atom. The largest absolute Gasteiger partial charge is 0.480 e. The molecule has 7 heteroatoms. The monoisotopic (exact) mass is 244 g/mol. The molecular weight excluding hydrogens is 224 g/mol. The number of carboxylic acids is 1. The number of carbonyl (C=O) groups is 2. The SMILES string of the molecule is CC(=O)N(C)C(C)(CCCNC(=N)N)C(=O)O. The Balaban J connectivity index is 4.48. The molecule has 0 bridgehead atoms. The van der Waals surface area contributed by atoms with Crippen LogP contribution in [0.25, 0.3) is 0 Å². The van der Waals surface area contributed by atoms with Gasteiger partial charge >= 0.3 is 5.97 Å². The smallest absolute Gasteiger partial charge is 0.329 e. The molecular formula is C10H20N4O3. The van der Waals surface area contributed by atoms with E-state index in [0.717, 1.165) is 0 Å². The van der Waals surface area contributed by atoms with E-state index < -0.39 is 11.5 Å². The molecule has 0 rings (SSSR count). The van der Waals surface area contributed by atoms with Gasteiger partial charge < -0.3 is 21.1 Å². The van der Waals surface area contributed by atoms with Gasteiger partial charge in [0.05, 0.1) is 0 Å². The van der Waals surface area contributed by atoms with E-state index in [-0.39, 0.29) is 11.9 Å². The van der Waals surface area contributed by atoms with E-state index in [1.54, 1.807) is 0 Å². The molecule has 0 aliphatic heterocycles. The highest BCUT2D eigenvalue weighted by Gasteiger charge is 2.38. The van der Waals surface area contributed by atoms with Crippen LogP contribution in [0.3, 0.4) is 0 Å². The van der Waals surface area contributed by atoms with Gasteiger partial charge in [-0.25, -0.2) is 4.79 Å². The van der Waals surface area contributed by atoms with E-state index in [9.17, 15) is 14.7 Å². The summed E-state index contributed by atoms with van der Waals surface area (Å²) < 4.78 is 0. The van der Waals surface area contributed by atoms with Crippen molar-refractivity contribution in [2.45, 2.75) is 32.2 Å². The molecule has 0 aliphatic rings. The zero-order valence-corrected chi connectivity index (χ0v) is 10.4. The average Bonchev–Trinajstić information content (AvgIpc) is 2.22. The van der Waals surface area contributed by atoms with Crippen molar-refractivity contribution in [3.8, 4) is 0 Å². The zero-order chi connectivity index (χ0) is 13.6. The molecule has 0 saturated heterocycles. The van der Waals surface area contributed by atoms with Crippen LogP contribution in [0.2, 0.25) is 0 Å². The number of carbonyl (C=O) groups excluding carboxylic acids is 1. The third-order valence-corrected chi connectivity index (χ3v) is 2.83. The Kier molecular flexibility index (Phi) is 5.43. The molecule has 0 aromatic rings. The second kappa shape index (κ2) is 6.07. The first-order chi connectivity index (χ1) is 7.71. The van der Waals surface area contributed by atoms with Crippen LogP contribution in [0.1, 0.15) is 26.7 Å². The van der Waals surface area contributed by atoms with E-state index in [1.165, 1.54) is 25.8 Å². The van der Waals surface area contributed by atoms with E-state index >= 15 is 0 Å². The van der Waals surface area contributed by atoms with E-state index in [4.69, 9.17) is 11.1 Å². The lowest BCUT2D eigenvalue weighted by molar-refractivity contribution is -0.156. The van der Waals surface area contributed by atoms with Crippen molar-refractivity contribution in [1.82, 2.24) is 10.2 Å². The van der Waals surface area contributed by atoms with Crippen molar-refractivity contribution in [2.75, 3.05) is 13.6 Å². The third-order valence-electron chi connectivity index (χ3n) is 2.83. The second-order valence-corrected chi connectivity index (χ2v) is 4.10. The Labute approximate surface area is 100 Å². The number of nitrogens with two attached hydrogens (primary N) is 1. The standard InChI is InChI=1S/C10H20N4O3/c1-7(15)14(3)10(2,8(16)17)5-4-6-13-9(11)12/h4-6H2,1-3H3,(H,16,17)(H4,11,12,13). The maximum absolute atomic E-state index is 11.2. The van der Waals surface area contributed by atoms with Crippen LogP contribution in [0.15, 0.2) is 0 Å². The summed E-state index contributed by atoms with van der Waals surface area (Å²) in [5.74, 6) is -1.49. The molecule has 0 radical (unpaired) electrons. The van der Waals surface area contributed by atoms with Gasteiger partial charge in [-0.15, -0.1) is 0 Å². The van der Waals surface area contributed by atoms with Crippen LogP contribution >= 0.6 is 0 Å². The van der Waals surface area contributed by atoms with Crippen molar-refractivity contribution >= 4 is 17.8 Å². The highest BCUT2D eigenvalue weighted by Crippen LogP contribution is 2.20. The Morgan fingerprint density at radius 2 is 2.06 bits per heavy atom. The predicted octanol–water partition coefficient (Wildman–Crippen LogP) is -0.429. The number of hydrogen-bond donors (Lipinski definition) is 4. The van der Waals surface area contributed by atoms with Gasteiger partial charge in [0, 0.05) is 20.5 Å². The number of guanidine groups is 1. The Morgan fingerprint density at radius 1 is 1.53 bits per heavy atom. The molecule has 1 unspecified atom stereocenters. The quantitative estimate of drug-likeness (QED) is 0.287. The lowest BCUT2D eigenvalue weighted by Crippen LogP contribution is -2.52. The molecule has 0 aromatic carbocycles. The van der Waals surface area contributed by atoms with E-state index in [2.05, 4.69) is 5.32 Å². The number of amides is 1. The van der Waals surface area contributed by atoms with Crippen molar-refractivity contribution < 1.29 is 14.7 Å². The molecule has 1 amide bonds. The summed E-state index contributed by atoms with van der Waals surface area (Å²) >= 11 is 0. The van der Waals surface area contributed by atoms with Gasteiger partial charge in [0.2, 0.25) is 5.91 Å². The molecule has 1 atom stereocenters. The summed E-state index contributed by atoms with van der Waals surface area (Å²) in [6.45, 7) is 3.24. The highest BCUT2D eigenvalue weighted by molar-refractivity contribution is 5.85. The van der Waals surface area contributed by atoms with Gasteiger partial charge in [0.15, 0.2) is 5.96 Å². The first-order valence-electron chi connectivity index (χ1n) is 5.27. The average molecular weight is 244 g/mol. The third kappa shape index (κ3) is 4.29. The fourth-order valence-electron chi connectivity index (χ4n) is 1.42. The molecule has 17 heavy (non-hydrogen) atoms. The van der Waals surface area contributed by atoms with Gasteiger partial charge in [-0.3, -0.25) is 10.2 Å². The van der Waals surface area contributed by atoms with E-state index in [1.807, 2.05) is 0 Å². The predicted molar refractivity (Wildman–Crippen MR) is 63.6 cm³/mol. The van der Waals surface area contributed by atoms with Gasteiger partial charge in [-0.2, -0.15) is 0 Å². The summed E-state index contributed by atoms with van der Waals surface area (Å²) in [4.78, 5) is 23.7. The molecule has 5 N–H and O–H groups in total. The van der Waals surface area contributed by atoms with Crippen molar-refractivity contribution in [2.24, 2.45) is 5.73 Å². The number of hydrogen-bond acceptors (Lipinski definition) is 3. The van der Waals surface area contributed by atoms with Crippen molar-refractivity contribution in [1.29, 1.82) is 5.41 Å². The van der Waals surface area contributed by atoms with Crippen LogP contribution in [-0.4, -0.2) is 47.0 Å². The zero-order valence-electron chi connectivity index (χ0n) is 10.4. The Hall–Kier alpha value is -1.79. The minimum atomic E-state index is -1.23. The fraction of sp³-hybridized carbons (Fsp3) is 0.700. The maximum atomic E-state index is 11.2. The fourth-order valence-corrected chi connectivity index (χ4v) is 1.42. The van der Waals surface area contributed by atoms with Crippen molar-refractivity contribution in [3.63, 3.8) is 0 Å². The highest BCUT2D eigenvalue weighted by atomic mass is 16.4. The second-order valence-electron chi connectivity index (χ2n) is 4.10. The minimum Gasteiger partial charge on any atom is -0.480 e. The molecule has 0 spiro atoms. The summed E-state index contributed by atoms with van der Waals surface area (Å²) in [6.07, 6.45) is 0.790. The molecule has 7 nitrogen and oxygen atoms in total. The Bertz CT molecular complexity index is 319. The summed E-state index contributed by atoms with van der Waals surface area (Å²) in [6, 6.07) is 0. The van der Waals surface area contributed by atoms with Gasteiger partial charge in [-0.05, 0) is 19.8 Å². The topological polar surface area (TPSA) is 120 Å². The number of likely N-dealkylation sites (N-methyl/N-ethyl adjacent to an activating group) is 1. The summed E-state index contributed by atoms with van der Waals surface area (Å²) in [5, 5.41) is 18.7. The van der Waals surface area contributed by atoms with Crippen LogP contribution in [0.4, 0.5) is 0 Å². The lowest BCUT2D eigenvalue weighted by Gasteiger charge is -2.34. The summed E-state index contributed by atoms with van der Waals surface area (Å²) in [5.41, 5.74) is 3.87. The van der Waals surface area contributed by atoms with Gasteiger partial charge in [-0.1, -0.05) is 0 Å². The van der Waals surface area contributed by atoms with Crippen molar-refractivity contribution in [3.05, 3.63) is 0 Å². The number of rotatable bonds is 6. The molecule has 0 aromatic heterocycles. The summed E-state index contributed by atoms with van der Waals surface area (Å²) in [7, 11) is 1.47. The minimum absolute atomic E-state index is 0.151. The normalized spacial score (nSPS) is 13.6. The number of carboxylic acid groups (broad SMARTS) is 1. The van der Waals surface area contributed by atoms with Crippen LogP contribution in [0.5, 0.6) is 0 Å². The lowest BCUT2D eigenvalue weighted by atomic mass is 9.94. The number of nitrogens with one attached hydrogen (secondary N) is 2. The molecule has 0 fully saturated rings. The first kappa shape index (κ1) is 15.2. The van der Waals surface area contributed by atoms with Crippen LogP contribution < -0.4 is 11.1 Å². The van der Waals surface area contributed by atoms with Crippen LogP contribution in [0, 0.1) is 5.41 Å².